The SMILES string of the molecule is CCc1ccc(C2CNCC(OC(=O)OC)C2)cc1F. The van der Waals surface area contributed by atoms with Crippen LogP contribution in [-0.4, -0.2) is 32.5 Å². The molecule has 2 unspecified atom stereocenters. The summed E-state index contributed by atoms with van der Waals surface area (Å²) >= 11 is 0. The minimum Gasteiger partial charge on any atom is -0.438 e. The average molecular weight is 281 g/mol. The lowest BCUT2D eigenvalue weighted by Crippen LogP contribution is -2.40. The number of hydrogen-bond acceptors (Lipinski definition) is 4. The Morgan fingerprint density at radius 2 is 2.25 bits per heavy atom. The molecule has 20 heavy (non-hydrogen) atoms. The summed E-state index contributed by atoms with van der Waals surface area (Å²) in [4.78, 5) is 11.1. The van der Waals surface area contributed by atoms with Gasteiger partial charge in [-0.05, 0) is 30.0 Å². The molecular weight excluding hydrogens is 261 g/mol. The standard InChI is InChI=1S/C15H20FNO3/c1-3-10-4-5-11(7-14(10)16)12-6-13(9-17-8-12)20-15(18)19-2/h4-5,7,12-13,17H,3,6,8-9H2,1-2H3. The first-order valence-electron chi connectivity index (χ1n) is 6.87. The predicted molar refractivity (Wildman–Crippen MR) is 73.3 cm³/mol. The van der Waals surface area contributed by atoms with Crippen LogP contribution in [-0.2, 0) is 15.9 Å². The van der Waals surface area contributed by atoms with E-state index in [1.165, 1.54) is 7.11 Å². The second-order valence-corrected chi connectivity index (χ2v) is 4.99. The number of aryl methyl sites for hydroxylation is 1. The average Bonchev–Trinajstić information content (AvgIpc) is 2.47. The van der Waals surface area contributed by atoms with Crippen molar-refractivity contribution in [2.24, 2.45) is 0 Å². The van der Waals surface area contributed by atoms with Gasteiger partial charge >= 0.3 is 6.16 Å². The molecule has 0 amide bonds. The van der Waals surface area contributed by atoms with Gasteiger partial charge < -0.3 is 14.8 Å². The second-order valence-electron chi connectivity index (χ2n) is 4.99. The highest BCUT2D eigenvalue weighted by Crippen LogP contribution is 2.26. The van der Waals surface area contributed by atoms with Gasteiger partial charge in [0.2, 0.25) is 0 Å². The van der Waals surface area contributed by atoms with E-state index in [0.717, 1.165) is 17.7 Å². The van der Waals surface area contributed by atoms with Crippen molar-refractivity contribution in [3.05, 3.63) is 35.1 Å². The largest absolute Gasteiger partial charge is 0.508 e. The lowest BCUT2D eigenvalue weighted by atomic mass is 9.89. The first-order valence-corrected chi connectivity index (χ1v) is 6.87. The van der Waals surface area contributed by atoms with Crippen molar-refractivity contribution < 1.29 is 18.7 Å². The van der Waals surface area contributed by atoms with E-state index in [0.29, 0.717) is 19.4 Å². The monoisotopic (exact) mass is 281 g/mol. The van der Waals surface area contributed by atoms with Crippen LogP contribution in [0.1, 0.15) is 30.4 Å². The summed E-state index contributed by atoms with van der Waals surface area (Å²) in [5, 5.41) is 3.21. The first-order chi connectivity index (χ1) is 9.63. The molecule has 2 atom stereocenters. The van der Waals surface area contributed by atoms with Gasteiger partial charge in [-0.2, -0.15) is 0 Å². The zero-order valence-electron chi connectivity index (χ0n) is 11.8. The molecule has 2 rings (SSSR count). The van der Waals surface area contributed by atoms with E-state index >= 15 is 0 Å². The third kappa shape index (κ3) is 3.48. The van der Waals surface area contributed by atoms with Crippen LogP contribution < -0.4 is 5.32 Å². The molecule has 0 bridgehead atoms. The Morgan fingerprint density at radius 1 is 1.45 bits per heavy atom. The molecule has 0 aliphatic carbocycles. The number of ether oxygens (including phenoxy) is 2. The van der Waals surface area contributed by atoms with Gasteiger partial charge in [-0.15, -0.1) is 0 Å². The summed E-state index contributed by atoms with van der Waals surface area (Å²) in [5.74, 6) is -0.0279. The molecule has 1 aromatic rings. The van der Waals surface area contributed by atoms with E-state index < -0.39 is 6.16 Å². The Bertz CT molecular complexity index is 478. The Labute approximate surface area is 118 Å². The Hall–Kier alpha value is -1.62. The second kappa shape index (κ2) is 6.70. The van der Waals surface area contributed by atoms with Crippen LogP contribution in [0, 0.1) is 5.82 Å². The summed E-state index contributed by atoms with van der Waals surface area (Å²) in [5.41, 5.74) is 1.66. The number of nitrogens with one attached hydrogen (secondary N) is 1. The van der Waals surface area contributed by atoms with Gasteiger partial charge in [0, 0.05) is 19.0 Å². The minimum absolute atomic E-state index is 0.138. The maximum atomic E-state index is 13.8. The number of piperidine rings is 1. The minimum atomic E-state index is -0.676. The van der Waals surface area contributed by atoms with Gasteiger partial charge in [0.25, 0.3) is 0 Å². The molecule has 1 fully saturated rings. The molecule has 1 aliphatic heterocycles. The molecule has 0 saturated carbocycles. The molecule has 0 aromatic heterocycles. The van der Waals surface area contributed by atoms with E-state index in [4.69, 9.17) is 4.74 Å². The number of methoxy groups -OCH3 is 1. The number of benzene rings is 1. The fourth-order valence-corrected chi connectivity index (χ4v) is 2.53. The smallest absolute Gasteiger partial charge is 0.438 e. The van der Waals surface area contributed by atoms with E-state index in [2.05, 4.69) is 10.1 Å². The molecule has 110 valence electrons. The highest BCUT2D eigenvalue weighted by molar-refractivity contribution is 5.59. The lowest BCUT2D eigenvalue weighted by molar-refractivity contribution is 0.0250. The topological polar surface area (TPSA) is 47.6 Å². The summed E-state index contributed by atoms with van der Waals surface area (Å²) in [7, 11) is 1.29. The molecule has 1 heterocycles. The van der Waals surface area contributed by atoms with Gasteiger partial charge in [0.1, 0.15) is 11.9 Å². The van der Waals surface area contributed by atoms with E-state index in [1.54, 1.807) is 6.07 Å². The third-order valence-electron chi connectivity index (χ3n) is 3.67. The summed E-state index contributed by atoms with van der Waals surface area (Å²) in [6.45, 7) is 3.29. The summed E-state index contributed by atoms with van der Waals surface area (Å²) in [6.07, 6.45) is 0.441. The molecule has 4 nitrogen and oxygen atoms in total. The quantitative estimate of drug-likeness (QED) is 0.865. The molecule has 0 spiro atoms. The highest BCUT2D eigenvalue weighted by atomic mass is 19.1. The van der Waals surface area contributed by atoms with Gasteiger partial charge in [-0.3, -0.25) is 0 Å². The molecular formula is C15H20FNO3. The van der Waals surface area contributed by atoms with Crippen LogP contribution in [0.4, 0.5) is 9.18 Å². The summed E-state index contributed by atoms with van der Waals surface area (Å²) < 4.78 is 23.5. The number of rotatable bonds is 3. The van der Waals surface area contributed by atoms with Crippen molar-refractivity contribution >= 4 is 6.16 Å². The third-order valence-corrected chi connectivity index (χ3v) is 3.67. The van der Waals surface area contributed by atoms with Crippen LogP contribution in [0.2, 0.25) is 0 Å². The van der Waals surface area contributed by atoms with E-state index in [1.807, 2.05) is 19.1 Å². The van der Waals surface area contributed by atoms with Crippen LogP contribution in [0.15, 0.2) is 18.2 Å². The first kappa shape index (κ1) is 14.8. The van der Waals surface area contributed by atoms with Crippen molar-refractivity contribution in [3.63, 3.8) is 0 Å². The predicted octanol–water partition coefficient (Wildman–Crippen LogP) is 2.62. The molecule has 5 heteroatoms. The zero-order valence-corrected chi connectivity index (χ0v) is 11.8. The Balaban J connectivity index is 2.05. The Morgan fingerprint density at radius 3 is 2.90 bits per heavy atom. The van der Waals surface area contributed by atoms with Crippen molar-refractivity contribution in [1.82, 2.24) is 5.32 Å². The number of carbonyl (C=O) groups excluding carboxylic acids is 1. The van der Waals surface area contributed by atoms with Gasteiger partial charge in [-0.25, -0.2) is 9.18 Å². The highest BCUT2D eigenvalue weighted by Gasteiger charge is 2.26. The number of halogens is 1. The van der Waals surface area contributed by atoms with Crippen molar-refractivity contribution in [3.8, 4) is 0 Å². The molecule has 1 saturated heterocycles. The normalized spacial score (nSPS) is 22.4. The van der Waals surface area contributed by atoms with Crippen LogP contribution in [0.5, 0.6) is 0 Å². The molecule has 1 N–H and O–H groups in total. The van der Waals surface area contributed by atoms with E-state index in [-0.39, 0.29) is 17.8 Å². The van der Waals surface area contributed by atoms with Crippen LogP contribution in [0.3, 0.4) is 0 Å². The van der Waals surface area contributed by atoms with Crippen molar-refractivity contribution in [1.29, 1.82) is 0 Å². The van der Waals surface area contributed by atoms with E-state index in [9.17, 15) is 9.18 Å². The fourth-order valence-electron chi connectivity index (χ4n) is 2.53. The van der Waals surface area contributed by atoms with Crippen LogP contribution in [0.25, 0.3) is 0 Å². The summed E-state index contributed by atoms with van der Waals surface area (Å²) in [6, 6.07) is 5.37. The lowest BCUT2D eigenvalue weighted by Gasteiger charge is -2.29. The number of hydrogen-bond donors (Lipinski definition) is 1. The van der Waals surface area contributed by atoms with Gasteiger partial charge in [-0.1, -0.05) is 19.1 Å². The van der Waals surface area contributed by atoms with Crippen molar-refractivity contribution in [2.45, 2.75) is 31.8 Å². The molecule has 1 aromatic carbocycles. The zero-order chi connectivity index (χ0) is 14.5. The maximum absolute atomic E-state index is 13.8. The van der Waals surface area contributed by atoms with Crippen molar-refractivity contribution in [2.75, 3.05) is 20.2 Å². The van der Waals surface area contributed by atoms with Gasteiger partial charge in [0.05, 0.1) is 7.11 Å². The fraction of sp³-hybridized carbons (Fsp3) is 0.533. The molecule has 1 aliphatic rings. The van der Waals surface area contributed by atoms with Crippen LogP contribution >= 0.6 is 0 Å². The molecule has 0 radical (unpaired) electrons. The van der Waals surface area contributed by atoms with Gasteiger partial charge in [0.15, 0.2) is 0 Å². The number of carbonyl (C=O) groups is 1. The Kier molecular flexibility index (Phi) is 4.95. The maximum Gasteiger partial charge on any atom is 0.508 e.